The molecule has 0 amide bonds. The first-order chi connectivity index (χ1) is 13.0. The smallest absolute Gasteiger partial charge is 0.405 e. The zero-order valence-corrected chi connectivity index (χ0v) is 14.5. The molecule has 8 heteroatoms. The van der Waals surface area contributed by atoms with Crippen LogP contribution < -0.4 is 4.74 Å². The second kappa shape index (κ2) is 6.88. The van der Waals surface area contributed by atoms with Crippen molar-refractivity contribution in [2.75, 3.05) is 0 Å². The standard InChI is InChI=1S/C19H12F3N3OS/c20-19(21,22)26-16-7-2-1-6-14(16)12-4-3-5-13(10-12)15-11-27-18(25-15)17-23-8-9-24-17/h1-11H,(H,23,24). The first kappa shape index (κ1) is 17.3. The molecule has 0 unspecified atom stereocenters. The Labute approximate surface area is 156 Å². The van der Waals surface area contributed by atoms with Gasteiger partial charge in [0.1, 0.15) is 5.75 Å². The van der Waals surface area contributed by atoms with Crippen LogP contribution in [0.5, 0.6) is 5.75 Å². The third kappa shape index (κ3) is 3.85. The number of ether oxygens (including phenoxy) is 1. The summed E-state index contributed by atoms with van der Waals surface area (Å²) in [5.74, 6) is 0.433. The lowest BCUT2D eigenvalue weighted by molar-refractivity contribution is -0.274. The van der Waals surface area contributed by atoms with Crippen LogP contribution in [0.4, 0.5) is 13.2 Å². The molecular weight excluding hydrogens is 375 g/mol. The molecule has 0 saturated heterocycles. The molecule has 4 nitrogen and oxygen atoms in total. The van der Waals surface area contributed by atoms with Gasteiger partial charge >= 0.3 is 6.36 Å². The Balaban J connectivity index is 1.70. The fourth-order valence-electron chi connectivity index (χ4n) is 2.66. The topological polar surface area (TPSA) is 50.8 Å². The van der Waals surface area contributed by atoms with Gasteiger partial charge in [0.15, 0.2) is 10.8 Å². The number of aromatic amines is 1. The molecule has 2 heterocycles. The third-order valence-electron chi connectivity index (χ3n) is 3.79. The summed E-state index contributed by atoms with van der Waals surface area (Å²) in [7, 11) is 0. The Bertz CT molecular complexity index is 1060. The number of hydrogen-bond donors (Lipinski definition) is 1. The van der Waals surface area contributed by atoms with E-state index < -0.39 is 6.36 Å². The molecular formula is C19H12F3N3OS. The molecule has 0 aliphatic rings. The predicted molar refractivity (Wildman–Crippen MR) is 97.3 cm³/mol. The lowest BCUT2D eigenvalue weighted by atomic mass is 10.0. The molecule has 2 aromatic heterocycles. The number of rotatable bonds is 4. The van der Waals surface area contributed by atoms with Crippen LogP contribution in [0.3, 0.4) is 0 Å². The van der Waals surface area contributed by atoms with Crippen molar-refractivity contribution in [2.24, 2.45) is 0 Å². The maximum absolute atomic E-state index is 12.7. The number of halogens is 3. The molecule has 2 aromatic carbocycles. The van der Waals surface area contributed by atoms with Gasteiger partial charge in [-0.2, -0.15) is 0 Å². The van der Waals surface area contributed by atoms with Gasteiger partial charge in [-0.25, -0.2) is 9.97 Å². The molecule has 27 heavy (non-hydrogen) atoms. The van der Waals surface area contributed by atoms with E-state index in [0.29, 0.717) is 17.0 Å². The van der Waals surface area contributed by atoms with Crippen LogP contribution in [-0.4, -0.2) is 21.3 Å². The van der Waals surface area contributed by atoms with Gasteiger partial charge in [-0.3, -0.25) is 0 Å². The summed E-state index contributed by atoms with van der Waals surface area (Å²) in [5, 5.41) is 2.62. The molecule has 0 radical (unpaired) electrons. The number of imidazole rings is 1. The normalized spacial score (nSPS) is 11.5. The largest absolute Gasteiger partial charge is 0.573 e. The Morgan fingerprint density at radius 1 is 1.00 bits per heavy atom. The highest BCUT2D eigenvalue weighted by Gasteiger charge is 2.32. The highest BCUT2D eigenvalue weighted by atomic mass is 32.1. The molecule has 0 aliphatic heterocycles. The van der Waals surface area contributed by atoms with E-state index in [-0.39, 0.29) is 5.75 Å². The number of thiazole rings is 1. The van der Waals surface area contributed by atoms with E-state index >= 15 is 0 Å². The van der Waals surface area contributed by atoms with Gasteiger partial charge in [0.25, 0.3) is 0 Å². The summed E-state index contributed by atoms with van der Waals surface area (Å²) in [5.41, 5.74) is 2.49. The summed E-state index contributed by atoms with van der Waals surface area (Å²) in [6, 6.07) is 13.2. The Morgan fingerprint density at radius 3 is 2.59 bits per heavy atom. The number of nitrogens with zero attached hydrogens (tertiary/aromatic N) is 2. The molecule has 0 aliphatic carbocycles. The number of aromatic nitrogens is 3. The van der Waals surface area contributed by atoms with E-state index in [1.54, 1.807) is 42.7 Å². The summed E-state index contributed by atoms with van der Waals surface area (Å²) in [6.07, 6.45) is -1.39. The Kier molecular flexibility index (Phi) is 4.41. The van der Waals surface area contributed by atoms with Crippen LogP contribution in [-0.2, 0) is 0 Å². The molecule has 1 N–H and O–H groups in total. The molecule has 0 bridgehead atoms. The first-order valence-electron chi connectivity index (χ1n) is 7.90. The van der Waals surface area contributed by atoms with Crippen LogP contribution >= 0.6 is 11.3 Å². The van der Waals surface area contributed by atoms with Crippen molar-refractivity contribution in [3.05, 3.63) is 66.3 Å². The van der Waals surface area contributed by atoms with Crippen LogP contribution in [0.25, 0.3) is 33.2 Å². The van der Waals surface area contributed by atoms with E-state index in [4.69, 9.17) is 0 Å². The van der Waals surface area contributed by atoms with Gasteiger partial charge in [0, 0.05) is 28.9 Å². The van der Waals surface area contributed by atoms with Crippen molar-refractivity contribution < 1.29 is 17.9 Å². The number of H-pyrrole nitrogens is 1. The summed E-state index contributed by atoms with van der Waals surface area (Å²) < 4.78 is 42.2. The zero-order chi connectivity index (χ0) is 18.9. The fraction of sp³-hybridized carbons (Fsp3) is 0.0526. The quantitative estimate of drug-likeness (QED) is 0.484. The summed E-state index contributed by atoms with van der Waals surface area (Å²) in [6.45, 7) is 0. The fourth-order valence-corrected chi connectivity index (χ4v) is 3.45. The van der Waals surface area contributed by atoms with Gasteiger partial charge in [0.2, 0.25) is 0 Å². The number of para-hydroxylation sites is 1. The van der Waals surface area contributed by atoms with Crippen molar-refractivity contribution in [3.63, 3.8) is 0 Å². The average Bonchev–Trinajstić information content (AvgIpc) is 3.32. The highest BCUT2D eigenvalue weighted by Crippen LogP contribution is 2.36. The lowest BCUT2D eigenvalue weighted by Gasteiger charge is -2.13. The monoisotopic (exact) mass is 387 g/mol. The molecule has 4 rings (SSSR count). The van der Waals surface area contributed by atoms with Crippen LogP contribution in [0.2, 0.25) is 0 Å². The molecule has 0 spiro atoms. The molecule has 136 valence electrons. The minimum atomic E-state index is -4.75. The first-order valence-corrected chi connectivity index (χ1v) is 8.78. The predicted octanol–water partition coefficient (Wildman–Crippen LogP) is 5.77. The SMILES string of the molecule is FC(F)(F)Oc1ccccc1-c1cccc(-c2csc(-c3ncc[nH]3)n2)c1. The van der Waals surface area contributed by atoms with Crippen molar-refractivity contribution >= 4 is 11.3 Å². The van der Waals surface area contributed by atoms with Gasteiger partial charge < -0.3 is 9.72 Å². The van der Waals surface area contributed by atoms with E-state index in [1.807, 2.05) is 11.4 Å². The van der Waals surface area contributed by atoms with Gasteiger partial charge in [0.05, 0.1) is 5.69 Å². The molecule has 4 aromatic rings. The van der Waals surface area contributed by atoms with E-state index in [2.05, 4.69) is 19.7 Å². The molecule has 0 fully saturated rings. The van der Waals surface area contributed by atoms with Crippen LogP contribution in [0, 0.1) is 0 Å². The third-order valence-corrected chi connectivity index (χ3v) is 4.64. The van der Waals surface area contributed by atoms with Crippen LogP contribution in [0.1, 0.15) is 0 Å². The molecule has 0 saturated carbocycles. The number of nitrogens with one attached hydrogen (secondary N) is 1. The minimum absolute atomic E-state index is 0.239. The number of benzene rings is 2. The Hall–Kier alpha value is -3.13. The lowest BCUT2D eigenvalue weighted by Crippen LogP contribution is -2.17. The average molecular weight is 387 g/mol. The van der Waals surface area contributed by atoms with Gasteiger partial charge in [-0.15, -0.1) is 24.5 Å². The second-order valence-electron chi connectivity index (χ2n) is 5.60. The van der Waals surface area contributed by atoms with Gasteiger partial charge in [-0.1, -0.05) is 36.4 Å². The number of hydrogen-bond acceptors (Lipinski definition) is 4. The molecule has 0 atom stereocenters. The zero-order valence-electron chi connectivity index (χ0n) is 13.7. The number of alkyl halides is 3. The Morgan fingerprint density at radius 2 is 1.81 bits per heavy atom. The van der Waals surface area contributed by atoms with E-state index in [9.17, 15) is 13.2 Å². The summed E-state index contributed by atoms with van der Waals surface area (Å²) >= 11 is 1.44. The van der Waals surface area contributed by atoms with Crippen molar-refractivity contribution in [2.45, 2.75) is 6.36 Å². The maximum Gasteiger partial charge on any atom is 0.573 e. The minimum Gasteiger partial charge on any atom is -0.405 e. The highest BCUT2D eigenvalue weighted by molar-refractivity contribution is 7.13. The van der Waals surface area contributed by atoms with Crippen molar-refractivity contribution in [1.29, 1.82) is 0 Å². The van der Waals surface area contributed by atoms with Crippen molar-refractivity contribution in [3.8, 4) is 39.0 Å². The van der Waals surface area contributed by atoms with E-state index in [0.717, 1.165) is 16.3 Å². The van der Waals surface area contributed by atoms with Crippen LogP contribution in [0.15, 0.2) is 66.3 Å². The van der Waals surface area contributed by atoms with E-state index in [1.165, 1.54) is 23.5 Å². The second-order valence-corrected chi connectivity index (χ2v) is 6.46. The summed E-state index contributed by atoms with van der Waals surface area (Å²) in [4.78, 5) is 11.7. The maximum atomic E-state index is 12.7. The van der Waals surface area contributed by atoms with Crippen molar-refractivity contribution in [1.82, 2.24) is 15.0 Å². The van der Waals surface area contributed by atoms with Gasteiger partial charge in [-0.05, 0) is 17.7 Å².